The van der Waals surface area contributed by atoms with E-state index < -0.39 is 5.82 Å². The highest BCUT2D eigenvalue weighted by atomic mass is 35.5. The molecular formula is C26H23ClFN3O2S. The number of carbonyl (C=O) groups excluding carboxylic acids is 2. The van der Waals surface area contributed by atoms with Crippen LogP contribution in [0.15, 0.2) is 76.5 Å². The topological polar surface area (TPSA) is 52.7 Å². The van der Waals surface area contributed by atoms with Crippen LogP contribution < -0.4 is 10.2 Å². The van der Waals surface area contributed by atoms with Gasteiger partial charge in [-0.3, -0.25) is 19.4 Å². The molecule has 34 heavy (non-hydrogen) atoms. The van der Waals surface area contributed by atoms with Crippen molar-refractivity contribution < 1.29 is 14.0 Å². The first-order valence-corrected chi connectivity index (χ1v) is 12.4. The van der Waals surface area contributed by atoms with Crippen LogP contribution in [0.5, 0.6) is 0 Å². The summed E-state index contributed by atoms with van der Waals surface area (Å²) in [6, 6.07) is 19.2. The molecule has 2 heterocycles. The van der Waals surface area contributed by atoms with Crippen molar-refractivity contribution >= 4 is 46.6 Å². The Morgan fingerprint density at radius 3 is 2.53 bits per heavy atom. The number of anilines is 2. The molecule has 174 valence electrons. The molecule has 0 atom stereocenters. The molecule has 3 aromatic rings. The molecule has 1 saturated heterocycles. The fraction of sp³-hybridized carbons (Fsp3) is 0.231. The quantitative estimate of drug-likeness (QED) is 0.519. The number of nitrogens with zero attached hydrogens (tertiary/aromatic N) is 2. The maximum Gasteiger partial charge on any atom is 0.251 e. The molecule has 5 rings (SSSR count). The van der Waals surface area contributed by atoms with Gasteiger partial charge in [-0.05, 0) is 61.4 Å². The van der Waals surface area contributed by atoms with Gasteiger partial charge < -0.3 is 5.32 Å². The zero-order valence-electron chi connectivity index (χ0n) is 18.3. The fourth-order valence-corrected chi connectivity index (χ4v) is 5.60. The SMILES string of the molecule is O=C(NC1CCN(CC(=O)N2c3ccccc3Sc3ccc(Cl)cc32)CC1)c1cccc(F)c1. The summed E-state index contributed by atoms with van der Waals surface area (Å²) in [6.45, 7) is 1.65. The summed E-state index contributed by atoms with van der Waals surface area (Å²) >= 11 is 7.90. The van der Waals surface area contributed by atoms with E-state index >= 15 is 0 Å². The van der Waals surface area contributed by atoms with Gasteiger partial charge in [-0.1, -0.05) is 41.6 Å². The molecule has 5 nitrogen and oxygen atoms in total. The van der Waals surface area contributed by atoms with Crippen molar-refractivity contribution in [1.29, 1.82) is 0 Å². The lowest BCUT2D eigenvalue weighted by Crippen LogP contribution is -2.47. The molecule has 0 radical (unpaired) electrons. The monoisotopic (exact) mass is 495 g/mol. The van der Waals surface area contributed by atoms with Gasteiger partial charge in [0.1, 0.15) is 5.82 Å². The number of piperidine rings is 1. The molecule has 0 aromatic heterocycles. The number of amides is 2. The second-order valence-electron chi connectivity index (χ2n) is 8.45. The number of nitrogens with one attached hydrogen (secondary N) is 1. The first-order valence-electron chi connectivity index (χ1n) is 11.2. The molecule has 3 aromatic carbocycles. The molecule has 2 amide bonds. The Labute approximate surface area is 206 Å². The van der Waals surface area contributed by atoms with Crippen LogP contribution in [0.4, 0.5) is 15.8 Å². The summed E-state index contributed by atoms with van der Waals surface area (Å²) in [5.74, 6) is -0.718. The number of fused-ring (bicyclic) bond motifs is 2. The lowest BCUT2D eigenvalue weighted by molar-refractivity contribution is -0.119. The molecular weight excluding hydrogens is 473 g/mol. The van der Waals surface area contributed by atoms with Crippen molar-refractivity contribution in [3.8, 4) is 0 Å². The van der Waals surface area contributed by atoms with E-state index in [1.807, 2.05) is 42.5 Å². The van der Waals surface area contributed by atoms with Gasteiger partial charge in [-0.2, -0.15) is 0 Å². The molecule has 2 aliphatic rings. The zero-order chi connectivity index (χ0) is 23.7. The molecule has 0 unspecified atom stereocenters. The summed E-state index contributed by atoms with van der Waals surface area (Å²) in [7, 11) is 0. The summed E-state index contributed by atoms with van der Waals surface area (Å²) in [5, 5.41) is 3.58. The summed E-state index contributed by atoms with van der Waals surface area (Å²) in [4.78, 5) is 31.8. The van der Waals surface area contributed by atoms with Crippen LogP contribution in [-0.2, 0) is 4.79 Å². The molecule has 8 heteroatoms. The van der Waals surface area contributed by atoms with Gasteiger partial charge in [-0.25, -0.2) is 4.39 Å². The van der Waals surface area contributed by atoms with Gasteiger partial charge in [-0.15, -0.1) is 0 Å². The molecule has 0 spiro atoms. The summed E-state index contributed by atoms with van der Waals surface area (Å²) < 4.78 is 13.4. The lowest BCUT2D eigenvalue weighted by atomic mass is 10.0. The standard InChI is InChI=1S/C26H23ClFN3O2S/c27-18-8-9-24-22(15-18)31(21-6-1-2-7-23(21)34-24)25(32)16-30-12-10-20(11-13-30)29-26(33)17-4-3-5-19(28)14-17/h1-9,14-15,20H,10-13,16H2,(H,29,33). The average molecular weight is 496 g/mol. The Morgan fingerprint density at radius 2 is 1.74 bits per heavy atom. The van der Waals surface area contributed by atoms with Crippen molar-refractivity contribution in [3.63, 3.8) is 0 Å². The van der Waals surface area contributed by atoms with Crippen LogP contribution in [0.1, 0.15) is 23.2 Å². The zero-order valence-corrected chi connectivity index (χ0v) is 19.9. The Morgan fingerprint density at radius 1 is 0.971 bits per heavy atom. The van der Waals surface area contributed by atoms with Crippen molar-refractivity contribution in [1.82, 2.24) is 10.2 Å². The third kappa shape index (κ3) is 4.82. The maximum absolute atomic E-state index is 13.5. The Bertz CT molecular complexity index is 1250. The number of benzene rings is 3. The van der Waals surface area contributed by atoms with Gasteiger partial charge in [0.2, 0.25) is 5.91 Å². The minimum absolute atomic E-state index is 0.00577. The van der Waals surface area contributed by atoms with E-state index in [-0.39, 0.29) is 24.4 Å². The smallest absolute Gasteiger partial charge is 0.251 e. The van der Waals surface area contributed by atoms with Gasteiger partial charge in [0.05, 0.1) is 17.9 Å². The number of rotatable bonds is 4. The third-order valence-electron chi connectivity index (χ3n) is 6.11. The number of para-hydroxylation sites is 1. The largest absolute Gasteiger partial charge is 0.349 e. The van der Waals surface area contributed by atoms with E-state index in [4.69, 9.17) is 11.6 Å². The predicted octanol–water partition coefficient (Wildman–Crippen LogP) is 5.50. The van der Waals surface area contributed by atoms with E-state index in [1.54, 1.807) is 22.7 Å². The highest BCUT2D eigenvalue weighted by Crippen LogP contribution is 2.48. The third-order valence-corrected chi connectivity index (χ3v) is 7.47. The Hall–Kier alpha value is -2.87. The van der Waals surface area contributed by atoms with Crippen LogP contribution in [0.3, 0.4) is 0 Å². The van der Waals surface area contributed by atoms with Crippen LogP contribution >= 0.6 is 23.4 Å². The van der Waals surface area contributed by atoms with E-state index in [9.17, 15) is 14.0 Å². The maximum atomic E-state index is 13.5. The molecule has 2 aliphatic heterocycles. The summed E-state index contributed by atoms with van der Waals surface area (Å²) in [6.07, 6.45) is 1.45. The highest BCUT2D eigenvalue weighted by molar-refractivity contribution is 7.99. The van der Waals surface area contributed by atoms with E-state index in [0.717, 1.165) is 34.0 Å². The van der Waals surface area contributed by atoms with E-state index in [2.05, 4.69) is 10.2 Å². The second kappa shape index (κ2) is 9.78. The van der Waals surface area contributed by atoms with Crippen molar-refractivity contribution in [2.45, 2.75) is 28.7 Å². The van der Waals surface area contributed by atoms with Crippen LogP contribution in [-0.4, -0.2) is 42.4 Å². The van der Waals surface area contributed by atoms with Crippen molar-refractivity contribution in [2.24, 2.45) is 0 Å². The number of hydrogen-bond acceptors (Lipinski definition) is 4. The molecule has 1 fully saturated rings. The average Bonchev–Trinajstić information content (AvgIpc) is 2.83. The van der Waals surface area contributed by atoms with Crippen LogP contribution in [0.2, 0.25) is 5.02 Å². The van der Waals surface area contributed by atoms with Gasteiger partial charge in [0.25, 0.3) is 5.91 Å². The lowest BCUT2D eigenvalue weighted by Gasteiger charge is -2.35. The molecule has 0 bridgehead atoms. The van der Waals surface area contributed by atoms with Gasteiger partial charge in [0.15, 0.2) is 0 Å². The normalized spacial score (nSPS) is 16.0. The Kier molecular flexibility index (Phi) is 6.59. The number of halogens is 2. The fourth-order valence-electron chi connectivity index (χ4n) is 4.39. The van der Waals surface area contributed by atoms with Gasteiger partial charge in [0, 0.05) is 39.5 Å². The number of carbonyl (C=O) groups is 2. The van der Waals surface area contributed by atoms with Crippen LogP contribution in [0.25, 0.3) is 0 Å². The minimum Gasteiger partial charge on any atom is -0.349 e. The van der Waals surface area contributed by atoms with E-state index in [0.29, 0.717) is 23.7 Å². The Balaban J connectivity index is 1.24. The second-order valence-corrected chi connectivity index (χ2v) is 9.97. The van der Waals surface area contributed by atoms with Crippen molar-refractivity contribution in [3.05, 3.63) is 83.1 Å². The first-order chi connectivity index (χ1) is 16.5. The van der Waals surface area contributed by atoms with Crippen LogP contribution in [0, 0.1) is 5.82 Å². The first kappa shape index (κ1) is 22.9. The predicted molar refractivity (Wildman–Crippen MR) is 132 cm³/mol. The molecule has 0 aliphatic carbocycles. The highest BCUT2D eigenvalue weighted by Gasteiger charge is 2.30. The van der Waals surface area contributed by atoms with Crippen molar-refractivity contribution in [2.75, 3.05) is 24.5 Å². The number of hydrogen-bond donors (Lipinski definition) is 1. The number of likely N-dealkylation sites (tertiary alicyclic amines) is 1. The summed E-state index contributed by atoms with van der Waals surface area (Å²) in [5.41, 5.74) is 1.99. The molecule has 1 N–H and O–H groups in total. The molecule has 0 saturated carbocycles. The minimum atomic E-state index is -0.429. The van der Waals surface area contributed by atoms with E-state index in [1.165, 1.54) is 18.2 Å². The van der Waals surface area contributed by atoms with Gasteiger partial charge >= 0.3 is 0 Å².